The van der Waals surface area contributed by atoms with Crippen LogP contribution in [0.3, 0.4) is 0 Å². The molecule has 0 bridgehead atoms. The van der Waals surface area contributed by atoms with E-state index in [1.54, 1.807) is 4.68 Å². The number of nitrogens with one attached hydrogen (secondary N) is 1. The van der Waals surface area contributed by atoms with E-state index in [-0.39, 0.29) is 0 Å². The third-order valence-corrected chi connectivity index (χ3v) is 2.21. The molecule has 80 valence electrons. The molecule has 1 N–H and O–H groups in total. The van der Waals surface area contributed by atoms with Gasteiger partial charge in [-0.2, -0.15) is 5.10 Å². The van der Waals surface area contributed by atoms with E-state index in [1.165, 1.54) is 0 Å². The largest absolute Gasteiger partial charge is 0.444 e. The van der Waals surface area contributed by atoms with Gasteiger partial charge in [0.2, 0.25) is 5.89 Å². The lowest BCUT2D eigenvalue weighted by molar-refractivity contribution is 0.478. The van der Waals surface area contributed by atoms with Crippen LogP contribution in [0.15, 0.2) is 16.7 Å². The van der Waals surface area contributed by atoms with Crippen LogP contribution in [0.1, 0.15) is 17.3 Å². The fourth-order valence-electron chi connectivity index (χ4n) is 1.29. The molecule has 5 nitrogen and oxygen atoms in total. The Balaban J connectivity index is 1.99. The molecule has 0 spiro atoms. The van der Waals surface area contributed by atoms with Crippen molar-refractivity contribution in [2.45, 2.75) is 20.4 Å². The molecule has 0 atom stereocenters. The molecule has 0 aliphatic carbocycles. The number of rotatable bonds is 3. The van der Waals surface area contributed by atoms with Crippen LogP contribution in [-0.2, 0) is 13.6 Å². The Bertz CT molecular complexity index is 438. The van der Waals surface area contributed by atoms with Crippen molar-refractivity contribution in [3.63, 3.8) is 0 Å². The Morgan fingerprint density at radius 2 is 2.27 bits per heavy atom. The van der Waals surface area contributed by atoms with Crippen molar-refractivity contribution in [3.8, 4) is 0 Å². The standard InChI is InChI=1S/C10H14N4O/c1-7-8(2)15-10(12-7)6-11-9-4-5-14(3)13-9/h4-5H,6H2,1-3H3,(H,11,13). The summed E-state index contributed by atoms with van der Waals surface area (Å²) in [5, 5.41) is 7.33. The monoisotopic (exact) mass is 206 g/mol. The first-order chi connectivity index (χ1) is 7.15. The van der Waals surface area contributed by atoms with Gasteiger partial charge in [0.05, 0.1) is 12.2 Å². The van der Waals surface area contributed by atoms with Gasteiger partial charge in [0.25, 0.3) is 0 Å². The Labute approximate surface area is 88.1 Å². The van der Waals surface area contributed by atoms with Gasteiger partial charge in [0.1, 0.15) is 11.6 Å². The average molecular weight is 206 g/mol. The van der Waals surface area contributed by atoms with Crippen molar-refractivity contribution in [2.24, 2.45) is 7.05 Å². The highest BCUT2D eigenvalue weighted by Gasteiger charge is 2.05. The third kappa shape index (κ3) is 2.18. The molecule has 0 fully saturated rings. The first kappa shape index (κ1) is 9.76. The van der Waals surface area contributed by atoms with Gasteiger partial charge in [-0.1, -0.05) is 0 Å². The van der Waals surface area contributed by atoms with E-state index in [2.05, 4.69) is 15.4 Å². The zero-order valence-corrected chi connectivity index (χ0v) is 9.11. The molecule has 0 unspecified atom stereocenters. The second-order valence-corrected chi connectivity index (χ2v) is 3.48. The SMILES string of the molecule is Cc1nc(CNc2ccn(C)n2)oc1C. The lowest BCUT2D eigenvalue weighted by Gasteiger charge is -1.97. The minimum Gasteiger partial charge on any atom is -0.444 e. The number of hydrogen-bond donors (Lipinski definition) is 1. The maximum atomic E-state index is 5.43. The van der Waals surface area contributed by atoms with E-state index in [0.29, 0.717) is 12.4 Å². The second kappa shape index (κ2) is 3.76. The van der Waals surface area contributed by atoms with Crippen molar-refractivity contribution in [3.05, 3.63) is 29.6 Å². The van der Waals surface area contributed by atoms with Crippen LogP contribution in [0.5, 0.6) is 0 Å². The molecule has 0 aliphatic heterocycles. The van der Waals surface area contributed by atoms with E-state index < -0.39 is 0 Å². The van der Waals surface area contributed by atoms with Crippen molar-refractivity contribution in [1.82, 2.24) is 14.8 Å². The fourth-order valence-corrected chi connectivity index (χ4v) is 1.29. The highest BCUT2D eigenvalue weighted by atomic mass is 16.4. The molecule has 2 aromatic rings. The summed E-state index contributed by atoms with van der Waals surface area (Å²) >= 11 is 0. The molecule has 0 amide bonds. The van der Waals surface area contributed by atoms with E-state index in [9.17, 15) is 0 Å². The molecule has 0 saturated heterocycles. The molecule has 0 aromatic carbocycles. The van der Waals surface area contributed by atoms with Gasteiger partial charge in [-0.05, 0) is 13.8 Å². The van der Waals surface area contributed by atoms with Crippen LogP contribution >= 0.6 is 0 Å². The van der Waals surface area contributed by atoms with E-state index >= 15 is 0 Å². The van der Waals surface area contributed by atoms with Gasteiger partial charge in [0, 0.05) is 19.3 Å². The minimum absolute atomic E-state index is 0.561. The first-order valence-electron chi connectivity index (χ1n) is 4.81. The van der Waals surface area contributed by atoms with Gasteiger partial charge in [-0.25, -0.2) is 4.98 Å². The van der Waals surface area contributed by atoms with Gasteiger partial charge in [-0.15, -0.1) is 0 Å². The van der Waals surface area contributed by atoms with Crippen LogP contribution in [0.25, 0.3) is 0 Å². The number of nitrogens with zero attached hydrogens (tertiary/aromatic N) is 3. The first-order valence-corrected chi connectivity index (χ1v) is 4.81. The molecule has 0 aliphatic rings. The Morgan fingerprint density at radius 3 is 2.80 bits per heavy atom. The fraction of sp³-hybridized carbons (Fsp3) is 0.400. The number of aromatic nitrogens is 3. The molecule has 0 radical (unpaired) electrons. The molecule has 2 heterocycles. The zero-order chi connectivity index (χ0) is 10.8. The highest BCUT2D eigenvalue weighted by molar-refractivity contribution is 5.32. The Hall–Kier alpha value is -1.78. The van der Waals surface area contributed by atoms with Crippen LogP contribution in [0.4, 0.5) is 5.82 Å². The molecule has 2 rings (SSSR count). The summed E-state index contributed by atoms with van der Waals surface area (Å²) in [6.07, 6.45) is 1.88. The molecule has 5 heteroatoms. The zero-order valence-electron chi connectivity index (χ0n) is 9.11. The quantitative estimate of drug-likeness (QED) is 0.829. The summed E-state index contributed by atoms with van der Waals surface area (Å²) in [6, 6.07) is 1.91. The van der Waals surface area contributed by atoms with Crippen LogP contribution in [-0.4, -0.2) is 14.8 Å². The van der Waals surface area contributed by atoms with Crippen LogP contribution in [0, 0.1) is 13.8 Å². The Morgan fingerprint density at radius 1 is 1.47 bits per heavy atom. The van der Waals surface area contributed by atoms with Gasteiger partial charge in [-0.3, -0.25) is 4.68 Å². The van der Waals surface area contributed by atoms with Crippen LogP contribution in [0.2, 0.25) is 0 Å². The van der Waals surface area contributed by atoms with Crippen molar-refractivity contribution in [1.29, 1.82) is 0 Å². The van der Waals surface area contributed by atoms with Gasteiger partial charge >= 0.3 is 0 Å². The van der Waals surface area contributed by atoms with Crippen LogP contribution < -0.4 is 5.32 Å². The topological polar surface area (TPSA) is 55.9 Å². The maximum Gasteiger partial charge on any atom is 0.213 e. The lowest BCUT2D eigenvalue weighted by atomic mass is 10.4. The lowest BCUT2D eigenvalue weighted by Crippen LogP contribution is -2.01. The van der Waals surface area contributed by atoms with Crippen molar-refractivity contribution < 1.29 is 4.42 Å². The van der Waals surface area contributed by atoms with Crippen molar-refractivity contribution >= 4 is 5.82 Å². The predicted octanol–water partition coefficient (Wildman–Crippen LogP) is 1.64. The molecule has 0 saturated carbocycles. The maximum absolute atomic E-state index is 5.43. The number of anilines is 1. The second-order valence-electron chi connectivity index (χ2n) is 3.48. The third-order valence-electron chi connectivity index (χ3n) is 2.21. The van der Waals surface area contributed by atoms with Crippen molar-refractivity contribution in [2.75, 3.05) is 5.32 Å². The van der Waals surface area contributed by atoms with E-state index in [0.717, 1.165) is 17.3 Å². The number of aryl methyl sites for hydroxylation is 3. The molecular formula is C10H14N4O. The average Bonchev–Trinajstić information content (AvgIpc) is 2.72. The summed E-state index contributed by atoms with van der Waals surface area (Å²) in [5.74, 6) is 2.38. The Kier molecular flexibility index (Phi) is 2.45. The molecule has 2 aromatic heterocycles. The molecule has 15 heavy (non-hydrogen) atoms. The molecular weight excluding hydrogens is 192 g/mol. The minimum atomic E-state index is 0.561. The van der Waals surface area contributed by atoms with E-state index in [1.807, 2.05) is 33.2 Å². The number of hydrogen-bond acceptors (Lipinski definition) is 4. The summed E-state index contributed by atoms with van der Waals surface area (Å²) in [6.45, 7) is 4.40. The smallest absolute Gasteiger partial charge is 0.213 e. The summed E-state index contributed by atoms with van der Waals surface area (Å²) in [5.41, 5.74) is 0.938. The summed E-state index contributed by atoms with van der Waals surface area (Å²) in [7, 11) is 1.88. The summed E-state index contributed by atoms with van der Waals surface area (Å²) < 4.78 is 7.18. The highest BCUT2D eigenvalue weighted by Crippen LogP contribution is 2.10. The predicted molar refractivity (Wildman–Crippen MR) is 56.5 cm³/mol. The van der Waals surface area contributed by atoms with Gasteiger partial charge < -0.3 is 9.73 Å². The summed E-state index contributed by atoms with van der Waals surface area (Å²) in [4.78, 5) is 4.27. The van der Waals surface area contributed by atoms with E-state index in [4.69, 9.17) is 4.42 Å². The number of oxazole rings is 1. The van der Waals surface area contributed by atoms with Gasteiger partial charge in [0.15, 0.2) is 0 Å². The normalized spacial score (nSPS) is 10.6.